The molecule has 1 amide bonds. The van der Waals surface area contributed by atoms with Gasteiger partial charge in [0.2, 0.25) is 11.1 Å². The van der Waals surface area contributed by atoms with Crippen molar-refractivity contribution in [3.05, 3.63) is 53.6 Å². The number of nitrogens with zero attached hydrogens (tertiary/aromatic N) is 4. The van der Waals surface area contributed by atoms with Crippen LogP contribution in [0.3, 0.4) is 0 Å². The van der Waals surface area contributed by atoms with Crippen LogP contribution >= 0.6 is 11.8 Å². The molecule has 0 spiro atoms. The number of ether oxygens (including phenoxy) is 2. The van der Waals surface area contributed by atoms with Crippen LogP contribution in [-0.4, -0.2) is 52.1 Å². The zero-order valence-corrected chi connectivity index (χ0v) is 18.3. The Morgan fingerprint density at radius 2 is 2.00 bits per heavy atom. The Bertz CT molecular complexity index is 1090. The molecule has 2 aromatic carbocycles. The van der Waals surface area contributed by atoms with Crippen LogP contribution in [0.4, 0.5) is 5.95 Å². The van der Waals surface area contributed by atoms with Crippen molar-refractivity contribution in [3.63, 3.8) is 0 Å². The van der Waals surface area contributed by atoms with Crippen LogP contribution in [0, 0.1) is 0 Å². The highest BCUT2D eigenvalue weighted by atomic mass is 32.2. The summed E-state index contributed by atoms with van der Waals surface area (Å²) in [6, 6.07) is 12.3. The second-order valence-corrected chi connectivity index (χ2v) is 7.33. The van der Waals surface area contributed by atoms with Gasteiger partial charge in [-0.2, -0.15) is 5.10 Å². The predicted molar refractivity (Wildman–Crippen MR) is 122 cm³/mol. The second-order valence-electron chi connectivity index (χ2n) is 6.39. The zero-order chi connectivity index (χ0) is 22.9. The predicted octanol–water partition coefficient (Wildman–Crippen LogP) is 1.57. The summed E-state index contributed by atoms with van der Waals surface area (Å²) in [6.45, 7) is 0.404. The molecule has 1 aromatic heterocycles. The fourth-order valence-corrected chi connectivity index (χ4v) is 3.22. The summed E-state index contributed by atoms with van der Waals surface area (Å²) in [4.78, 5) is 12.1. The van der Waals surface area contributed by atoms with E-state index in [1.165, 1.54) is 24.1 Å². The number of anilines is 1. The summed E-state index contributed by atoms with van der Waals surface area (Å²) in [5.41, 5.74) is 4.27. The van der Waals surface area contributed by atoms with Gasteiger partial charge in [-0.1, -0.05) is 23.9 Å². The highest BCUT2D eigenvalue weighted by Crippen LogP contribution is 2.25. The molecule has 0 radical (unpaired) electrons. The molecule has 3 rings (SSSR count). The number of aromatic nitrogens is 3. The van der Waals surface area contributed by atoms with E-state index in [9.17, 15) is 9.90 Å². The van der Waals surface area contributed by atoms with Crippen LogP contribution < -0.4 is 26.1 Å². The minimum absolute atomic E-state index is 0.00222. The highest BCUT2D eigenvalue weighted by Gasteiger charge is 2.12. The Labute approximate surface area is 188 Å². The van der Waals surface area contributed by atoms with Crippen molar-refractivity contribution in [2.45, 2.75) is 11.7 Å². The van der Waals surface area contributed by atoms with E-state index in [2.05, 4.69) is 26.0 Å². The summed E-state index contributed by atoms with van der Waals surface area (Å²) < 4.78 is 11.3. The van der Waals surface area contributed by atoms with Crippen LogP contribution in [-0.2, 0) is 11.3 Å². The molecule has 168 valence electrons. The maximum Gasteiger partial charge on any atom is 0.264 e. The number of nitrogens with one attached hydrogen (secondary N) is 2. The van der Waals surface area contributed by atoms with Gasteiger partial charge in [0.25, 0.3) is 5.95 Å². The third kappa shape index (κ3) is 6.04. The topological polar surface area (TPSA) is 149 Å². The molecule has 12 heteroatoms. The minimum atomic E-state index is -0.166. The largest absolute Gasteiger partial charge is 0.504 e. The van der Waals surface area contributed by atoms with Crippen molar-refractivity contribution < 1.29 is 19.4 Å². The van der Waals surface area contributed by atoms with Gasteiger partial charge in [-0.25, -0.2) is 10.1 Å². The van der Waals surface area contributed by atoms with Gasteiger partial charge in [0.15, 0.2) is 11.5 Å². The van der Waals surface area contributed by atoms with E-state index in [0.29, 0.717) is 23.0 Å². The maximum absolute atomic E-state index is 12.1. The number of rotatable bonds is 10. The number of nitrogen functional groups attached to an aromatic ring is 1. The molecule has 0 atom stereocenters. The number of carbonyl (C=O) groups excluding carboxylic acids is 1. The number of phenolic OH excluding ortho intramolecular Hbond substituents is 1. The van der Waals surface area contributed by atoms with Gasteiger partial charge in [-0.3, -0.25) is 4.79 Å². The van der Waals surface area contributed by atoms with E-state index in [1.54, 1.807) is 19.2 Å². The van der Waals surface area contributed by atoms with Gasteiger partial charge in [0.05, 0.1) is 26.2 Å². The van der Waals surface area contributed by atoms with Gasteiger partial charge in [-0.05, 0) is 41.5 Å². The van der Waals surface area contributed by atoms with E-state index in [0.717, 1.165) is 23.1 Å². The number of phenols is 1. The molecular weight excluding hydrogens is 434 g/mol. The number of hydrogen-bond acceptors (Lipinski definition) is 10. The number of amides is 1. The number of carbonyl (C=O) groups is 1. The molecule has 0 aliphatic heterocycles. The average molecular weight is 458 g/mol. The smallest absolute Gasteiger partial charge is 0.264 e. The first-order valence-corrected chi connectivity index (χ1v) is 10.4. The Kier molecular flexibility index (Phi) is 7.75. The molecular formula is C20H23N7O4S. The van der Waals surface area contributed by atoms with Crippen molar-refractivity contribution in [2.75, 3.05) is 31.2 Å². The lowest BCUT2D eigenvalue weighted by atomic mass is 10.2. The van der Waals surface area contributed by atoms with Crippen molar-refractivity contribution >= 4 is 29.8 Å². The Hall–Kier alpha value is -3.93. The van der Waals surface area contributed by atoms with E-state index < -0.39 is 0 Å². The highest BCUT2D eigenvalue weighted by molar-refractivity contribution is 7.99. The van der Waals surface area contributed by atoms with Crippen LogP contribution in [0.2, 0.25) is 0 Å². The van der Waals surface area contributed by atoms with Gasteiger partial charge in [-0.15, -0.1) is 10.2 Å². The molecule has 32 heavy (non-hydrogen) atoms. The summed E-state index contributed by atoms with van der Waals surface area (Å²) in [7, 11) is 3.07. The molecule has 0 bridgehead atoms. The van der Waals surface area contributed by atoms with Gasteiger partial charge >= 0.3 is 0 Å². The molecule has 0 unspecified atom stereocenters. The first-order valence-electron chi connectivity index (χ1n) is 9.39. The summed E-state index contributed by atoms with van der Waals surface area (Å²) in [6.07, 6.45) is 1.48. The van der Waals surface area contributed by atoms with Crippen molar-refractivity contribution in [2.24, 2.45) is 5.10 Å². The maximum atomic E-state index is 12.1. The summed E-state index contributed by atoms with van der Waals surface area (Å²) in [5, 5.41) is 24.9. The quantitative estimate of drug-likeness (QED) is 0.154. The van der Waals surface area contributed by atoms with Crippen LogP contribution in [0.15, 0.2) is 52.7 Å². The molecule has 0 saturated carbocycles. The molecule has 0 fully saturated rings. The van der Waals surface area contributed by atoms with Crippen LogP contribution in [0.25, 0.3) is 0 Å². The molecule has 0 aliphatic rings. The van der Waals surface area contributed by atoms with Crippen molar-refractivity contribution in [1.82, 2.24) is 20.2 Å². The standard InChI is InChI=1S/C20H23N7O4S/c1-30-15-6-3-13(4-7-15)10-22-18(29)12-32-20-26-25-19(27(20)21)24-23-11-14-5-8-17(31-2)16(28)9-14/h3-9,11,28H,10,12,21H2,1-2H3,(H,22,29)(H,24,25)/b23-11+. The fraction of sp³-hybridized carbons (Fsp3) is 0.200. The van der Waals surface area contributed by atoms with Crippen molar-refractivity contribution in [1.29, 1.82) is 0 Å². The number of benzene rings is 2. The second kappa shape index (κ2) is 10.9. The lowest BCUT2D eigenvalue weighted by Gasteiger charge is -2.06. The number of methoxy groups -OCH3 is 2. The summed E-state index contributed by atoms with van der Waals surface area (Å²) >= 11 is 1.15. The fourth-order valence-electron chi connectivity index (χ4n) is 2.53. The third-order valence-corrected chi connectivity index (χ3v) is 5.17. The summed E-state index contributed by atoms with van der Waals surface area (Å²) in [5.74, 6) is 7.24. The number of thioether (sulfide) groups is 1. The normalized spacial score (nSPS) is 10.8. The molecule has 1 heterocycles. The first kappa shape index (κ1) is 22.7. The lowest BCUT2D eigenvalue weighted by molar-refractivity contribution is -0.118. The van der Waals surface area contributed by atoms with Gasteiger partial charge in [0, 0.05) is 6.54 Å². The number of hydrogen-bond donors (Lipinski definition) is 4. The van der Waals surface area contributed by atoms with Crippen LogP contribution in [0.1, 0.15) is 11.1 Å². The number of nitrogens with two attached hydrogens (primary N) is 1. The van der Waals surface area contributed by atoms with E-state index in [1.807, 2.05) is 24.3 Å². The average Bonchev–Trinajstić information content (AvgIpc) is 3.16. The minimum Gasteiger partial charge on any atom is -0.504 e. The third-order valence-electron chi connectivity index (χ3n) is 4.23. The molecule has 11 nitrogen and oxygen atoms in total. The molecule has 0 saturated heterocycles. The molecule has 0 aliphatic carbocycles. The SMILES string of the molecule is COc1ccc(CNC(=O)CSc2nnc(N/N=C/c3ccc(OC)c(O)c3)n2N)cc1. The Morgan fingerprint density at radius 3 is 2.69 bits per heavy atom. The van der Waals surface area contributed by atoms with Crippen molar-refractivity contribution in [3.8, 4) is 17.2 Å². The van der Waals surface area contributed by atoms with E-state index in [-0.39, 0.29) is 23.4 Å². The van der Waals surface area contributed by atoms with E-state index in [4.69, 9.17) is 15.3 Å². The number of aromatic hydroxyl groups is 1. The Balaban J connectivity index is 1.47. The zero-order valence-electron chi connectivity index (χ0n) is 17.5. The first-order chi connectivity index (χ1) is 15.5. The molecule has 5 N–H and O–H groups in total. The van der Waals surface area contributed by atoms with E-state index >= 15 is 0 Å². The number of hydrazone groups is 1. The monoisotopic (exact) mass is 457 g/mol. The van der Waals surface area contributed by atoms with Gasteiger partial charge in [0.1, 0.15) is 5.75 Å². The lowest BCUT2D eigenvalue weighted by Crippen LogP contribution is -2.25. The van der Waals surface area contributed by atoms with Gasteiger partial charge < -0.3 is 25.7 Å². The van der Waals surface area contributed by atoms with Crippen LogP contribution in [0.5, 0.6) is 17.2 Å². The Morgan fingerprint density at radius 1 is 1.22 bits per heavy atom. The molecule has 3 aromatic rings.